The number of carboxylic acid groups (broad SMARTS) is 1. The fourth-order valence-corrected chi connectivity index (χ4v) is 0.808. The molecular weight excluding hydrogens is 142 g/mol. The summed E-state index contributed by atoms with van der Waals surface area (Å²) >= 11 is 0. The highest BCUT2D eigenvalue weighted by atomic mass is 16.4. The van der Waals surface area contributed by atoms with Gasteiger partial charge in [0.25, 0.3) is 0 Å². The predicted molar refractivity (Wildman–Crippen MR) is 44.3 cm³/mol. The highest BCUT2D eigenvalue weighted by molar-refractivity contribution is 5.86. The van der Waals surface area contributed by atoms with Crippen LogP contribution in [0.15, 0.2) is 11.8 Å². The Morgan fingerprint density at radius 3 is 2.36 bits per heavy atom. The number of hydrogen-bond acceptors (Lipinski definition) is 2. The van der Waals surface area contributed by atoms with Crippen LogP contribution in [0.25, 0.3) is 0 Å². The summed E-state index contributed by atoms with van der Waals surface area (Å²) < 4.78 is 0. The first-order valence-electron chi connectivity index (χ1n) is 3.68. The lowest BCUT2D eigenvalue weighted by Gasteiger charge is -2.07. The van der Waals surface area contributed by atoms with Gasteiger partial charge in [-0.1, -0.05) is 13.3 Å². The minimum absolute atomic E-state index is 0.470. The molecule has 0 bridgehead atoms. The Morgan fingerprint density at radius 2 is 2.09 bits per heavy atom. The second-order valence-electron chi connectivity index (χ2n) is 2.67. The third-order valence-corrected chi connectivity index (χ3v) is 1.21. The van der Waals surface area contributed by atoms with Crippen LogP contribution < -0.4 is 0 Å². The number of carboxylic acids is 1. The Hall–Kier alpha value is -0.990. The van der Waals surface area contributed by atoms with Gasteiger partial charge in [0.05, 0.1) is 5.57 Å². The number of rotatable bonds is 4. The first-order chi connectivity index (χ1) is 5.07. The first kappa shape index (κ1) is 10.0. The Labute approximate surface area is 67.3 Å². The van der Waals surface area contributed by atoms with Gasteiger partial charge in [-0.2, -0.15) is 0 Å². The van der Waals surface area contributed by atoms with Crippen molar-refractivity contribution in [2.75, 3.05) is 14.1 Å². The van der Waals surface area contributed by atoms with Gasteiger partial charge in [0.15, 0.2) is 0 Å². The lowest BCUT2D eigenvalue weighted by atomic mass is 10.2. The van der Waals surface area contributed by atoms with Crippen LogP contribution in [0.1, 0.15) is 19.8 Å². The molecule has 0 heterocycles. The maximum atomic E-state index is 10.5. The van der Waals surface area contributed by atoms with Crippen LogP contribution in [0, 0.1) is 0 Å². The van der Waals surface area contributed by atoms with E-state index >= 15 is 0 Å². The molecular formula is C8H15NO2. The molecule has 0 unspecified atom stereocenters. The zero-order valence-corrected chi connectivity index (χ0v) is 7.29. The molecule has 0 amide bonds. The summed E-state index contributed by atoms with van der Waals surface area (Å²) in [5, 5.41) is 8.66. The van der Waals surface area contributed by atoms with Crippen molar-refractivity contribution < 1.29 is 9.90 Å². The van der Waals surface area contributed by atoms with E-state index in [1.54, 1.807) is 11.1 Å². The summed E-state index contributed by atoms with van der Waals surface area (Å²) in [5.41, 5.74) is 0.470. The van der Waals surface area contributed by atoms with Gasteiger partial charge in [0.1, 0.15) is 0 Å². The molecule has 0 aromatic carbocycles. The number of hydrogen-bond donors (Lipinski definition) is 1. The quantitative estimate of drug-likeness (QED) is 0.625. The summed E-state index contributed by atoms with van der Waals surface area (Å²) in [4.78, 5) is 12.3. The van der Waals surface area contributed by atoms with Gasteiger partial charge in [0, 0.05) is 20.3 Å². The molecule has 0 aromatic heterocycles. The fourth-order valence-electron chi connectivity index (χ4n) is 0.808. The van der Waals surface area contributed by atoms with E-state index in [1.807, 2.05) is 21.0 Å². The molecule has 0 aliphatic rings. The lowest BCUT2D eigenvalue weighted by Crippen LogP contribution is -2.08. The Balaban J connectivity index is 4.20. The van der Waals surface area contributed by atoms with Crippen molar-refractivity contribution in [3.8, 4) is 0 Å². The average Bonchev–Trinajstić information content (AvgIpc) is 1.86. The van der Waals surface area contributed by atoms with E-state index in [-0.39, 0.29) is 0 Å². The van der Waals surface area contributed by atoms with Gasteiger partial charge in [-0.15, -0.1) is 0 Å². The van der Waals surface area contributed by atoms with Crippen LogP contribution in [-0.4, -0.2) is 30.1 Å². The summed E-state index contributed by atoms with van der Waals surface area (Å²) in [6.45, 7) is 1.96. The molecule has 0 rings (SSSR count). The number of aliphatic carboxylic acids is 1. The average molecular weight is 157 g/mol. The number of nitrogens with zero attached hydrogens (tertiary/aromatic N) is 1. The predicted octanol–water partition coefficient (Wildman–Crippen LogP) is 1.32. The zero-order valence-electron chi connectivity index (χ0n) is 7.29. The van der Waals surface area contributed by atoms with Gasteiger partial charge >= 0.3 is 5.97 Å². The van der Waals surface area contributed by atoms with Crippen LogP contribution in [0.3, 0.4) is 0 Å². The van der Waals surface area contributed by atoms with E-state index in [2.05, 4.69) is 0 Å². The van der Waals surface area contributed by atoms with Crippen molar-refractivity contribution >= 4 is 5.97 Å². The fraction of sp³-hybridized carbons (Fsp3) is 0.625. The van der Waals surface area contributed by atoms with E-state index in [9.17, 15) is 4.79 Å². The number of carbonyl (C=O) groups is 1. The maximum Gasteiger partial charge on any atom is 0.333 e. The smallest absolute Gasteiger partial charge is 0.333 e. The van der Waals surface area contributed by atoms with Gasteiger partial charge in [-0.3, -0.25) is 0 Å². The van der Waals surface area contributed by atoms with E-state index in [1.165, 1.54) is 0 Å². The van der Waals surface area contributed by atoms with Crippen LogP contribution in [0.5, 0.6) is 0 Å². The Bertz CT molecular complexity index is 161. The largest absolute Gasteiger partial charge is 0.478 e. The molecule has 0 saturated heterocycles. The molecule has 64 valence electrons. The summed E-state index contributed by atoms with van der Waals surface area (Å²) in [7, 11) is 3.64. The molecule has 0 aliphatic heterocycles. The second-order valence-corrected chi connectivity index (χ2v) is 2.67. The molecule has 0 fully saturated rings. The highest BCUT2D eigenvalue weighted by Gasteiger charge is 2.04. The van der Waals surface area contributed by atoms with Crippen LogP contribution in [0.2, 0.25) is 0 Å². The van der Waals surface area contributed by atoms with Crippen molar-refractivity contribution in [2.45, 2.75) is 19.8 Å². The second kappa shape index (κ2) is 4.77. The molecule has 0 aliphatic carbocycles. The van der Waals surface area contributed by atoms with Crippen molar-refractivity contribution in [1.29, 1.82) is 0 Å². The van der Waals surface area contributed by atoms with Gasteiger partial charge in [-0.05, 0) is 6.42 Å². The van der Waals surface area contributed by atoms with E-state index in [0.29, 0.717) is 12.0 Å². The third kappa shape index (κ3) is 4.42. The van der Waals surface area contributed by atoms with E-state index in [4.69, 9.17) is 5.11 Å². The van der Waals surface area contributed by atoms with Crippen LogP contribution in [0.4, 0.5) is 0 Å². The molecule has 3 heteroatoms. The minimum Gasteiger partial charge on any atom is -0.478 e. The summed E-state index contributed by atoms with van der Waals surface area (Å²) in [5.74, 6) is -0.819. The molecule has 1 N–H and O–H groups in total. The van der Waals surface area contributed by atoms with Crippen molar-refractivity contribution in [1.82, 2.24) is 4.90 Å². The normalized spacial score (nSPS) is 11.4. The van der Waals surface area contributed by atoms with Crippen LogP contribution >= 0.6 is 0 Å². The van der Waals surface area contributed by atoms with Gasteiger partial charge < -0.3 is 10.0 Å². The van der Waals surface area contributed by atoms with E-state index < -0.39 is 5.97 Å². The van der Waals surface area contributed by atoms with Crippen molar-refractivity contribution in [2.24, 2.45) is 0 Å². The Morgan fingerprint density at radius 1 is 1.55 bits per heavy atom. The molecule has 0 radical (unpaired) electrons. The summed E-state index contributed by atoms with van der Waals surface area (Å²) in [6, 6.07) is 0. The zero-order chi connectivity index (χ0) is 8.85. The molecule has 11 heavy (non-hydrogen) atoms. The van der Waals surface area contributed by atoms with Crippen LogP contribution in [-0.2, 0) is 4.79 Å². The molecule has 0 atom stereocenters. The topological polar surface area (TPSA) is 40.5 Å². The highest BCUT2D eigenvalue weighted by Crippen LogP contribution is 2.04. The molecule has 0 aromatic rings. The summed E-state index contributed by atoms with van der Waals surface area (Å²) in [6.07, 6.45) is 3.14. The van der Waals surface area contributed by atoms with Gasteiger partial charge in [-0.25, -0.2) is 4.79 Å². The molecule has 3 nitrogen and oxygen atoms in total. The monoisotopic (exact) mass is 157 g/mol. The van der Waals surface area contributed by atoms with E-state index in [0.717, 1.165) is 6.42 Å². The SMILES string of the molecule is CCCC(=CN(C)C)C(=O)O. The first-order valence-corrected chi connectivity index (χ1v) is 3.68. The van der Waals surface area contributed by atoms with Crippen molar-refractivity contribution in [3.63, 3.8) is 0 Å². The maximum absolute atomic E-state index is 10.5. The standard InChI is InChI=1S/C8H15NO2/c1-4-5-7(8(10)11)6-9(2)3/h6H,4-5H2,1-3H3,(H,10,11). The van der Waals surface area contributed by atoms with Gasteiger partial charge in [0.2, 0.25) is 0 Å². The third-order valence-electron chi connectivity index (χ3n) is 1.21. The molecule has 0 spiro atoms. The lowest BCUT2D eigenvalue weighted by molar-refractivity contribution is -0.132. The van der Waals surface area contributed by atoms with Crippen molar-refractivity contribution in [3.05, 3.63) is 11.8 Å². The minimum atomic E-state index is -0.819. The molecule has 0 saturated carbocycles. The Kier molecular flexibility index (Phi) is 4.34.